The van der Waals surface area contributed by atoms with Gasteiger partial charge in [0.25, 0.3) is 11.1 Å². The Morgan fingerprint density at radius 2 is 0.893 bits per heavy atom. The molecule has 0 aliphatic carbocycles. The standard InChI is InChI=1S/C35H46N2O4.C33H42N2O4.Li.H2O.2H2S/c1-8-41-34(40)23-30(28-13-10-14-29(21-28)35-25(4)11-9-12-26(35)5)22-32(38)31(19-24(2)3)37-18-16-27(20-33(37)39)15-17-36(6)7;1-22(2)17-29(35-16-14-25(18-31(35)37)13-15-34(5)6)30(36)20-28(21-32(38)39)26-11-8-12-27(19-26)33-23(3)9-7-10-24(33)4;;;;/h9-14,16,18,20-21,24,30-31H,8,15,17,19,22-23H2,1-7H3;7-12,14,16,18-19,22,28-29H,13,15,17,20-21H2,1-6H3,(H,38,39);;3*1H2/q;;+1;;;/p-1/t30-,31?;28-,29?;;;;/m00..../s1. The number of pyridine rings is 2. The molecule has 0 fully saturated rings. The van der Waals surface area contributed by atoms with Crippen LogP contribution in [0.15, 0.2) is 131 Å². The van der Waals surface area contributed by atoms with Gasteiger partial charge in [-0.15, -0.1) is 0 Å². The summed E-state index contributed by atoms with van der Waals surface area (Å²) in [6, 6.07) is 34.3. The van der Waals surface area contributed by atoms with Gasteiger partial charge < -0.3 is 34.3 Å². The van der Waals surface area contributed by atoms with Gasteiger partial charge >= 0.3 is 30.8 Å². The first-order valence-electron chi connectivity index (χ1n) is 28.4. The molecular weight excluding hydrogens is 1090 g/mol. The van der Waals surface area contributed by atoms with E-state index >= 15 is 0 Å². The number of nitrogens with zero attached hydrogens (tertiary/aromatic N) is 4. The van der Waals surface area contributed by atoms with Gasteiger partial charge in [-0.1, -0.05) is 113 Å². The van der Waals surface area contributed by atoms with E-state index < -0.39 is 24.0 Å². The molecule has 2 unspecified atom stereocenters. The number of ether oxygens (including phenoxy) is 1. The number of esters is 1. The summed E-state index contributed by atoms with van der Waals surface area (Å²) in [7, 11) is 7.99. The van der Waals surface area contributed by atoms with Crippen molar-refractivity contribution in [1.29, 1.82) is 0 Å². The molecule has 0 saturated carbocycles. The maximum absolute atomic E-state index is 14.0. The molecule has 0 amide bonds. The van der Waals surface area contributed by atoms with Crippen molar-refractivity contribution >= 4 is 50.5 Å². The van der Waals surface area contributed by atoms with Gasteiger partial charge in [0.15, 0.2) is 11.6 Å². The van der Waals surface area contributed by atoms with Gasteiger partial charge in [-0.25, -0.2) is 0 Å². The van der Waals surface area contributed by atoms with Crippen LogP contribution in [-0.4, -0.2) is 101 Å². The molecule has 0 aliphatic heterocycles. The fourth-order valence-electron chi connectivity index (χ4n) is 10.7. The molecule has 4 aromatic carbocycles. The van der Waals surface area contributed by atoms with E-state index in [-0.39, 0.29) is 130 Å². The Bertz CT molecular complexity index is 3150. The molecule has 0 saturated heterocycles. The number of rotatable bonds is 27. The molecule has 0 bridgehead atoms. The molecule has 4 atom stereocenters. The predicted molar refractivity (Wildman–Crippen MR) is 347 cm³/mol. The quantitative estimate of drug-likeness (QED) is 0.0384. The Labute approximate surface area is 526 Å². The Hall–Kier alpha value is -5.76. The van der Waals surface area contributed by atoms with E-state index in [1.54, 1.807) is 36.0 Å². The van der Waals surface area contributed by atoms with E-state index in [4.69, 9.17) is 4.74 Å². The zero-order valence-corrected chi connectivity index (χ0v) is 54.3. The minimum atomic E-state index is -0.951. The van der Waals surface area contributed by atoms with Crippen LogP contribution < -0.4 is 30.0 Å². The fraction of sp³-hybridized carbons (Fsp3) is 0.441. The first-order chi connectivity index (χ1) is 37.9. The summed E-state index contributed by atoms with van der Waals surface area (Å²) >= 11 is 0. The van der Waals surface area contributed by atoms with Crippen LogP contribution in [0.3, 0.4) is 0 Å². The molecule has 13 nitrogen and oxygen atoms in total. The van der Waals surface area contributed by atoms with Gasteiger partial charge in [-0.3, -0.25) is 28.8 Å². The maximum Gasteiger partial charge on any atom is 1.00 e. The van der Waals surface area contributed by atoms with E-state index in [0.717, 1.165) is 81.6 Å². The van der Waals surface area contributed by atoms with Crippen LogP contribution in [0.1, 0.15) is 142 Å². The molecule has 2 N–H and O–H groups in total. The number of aliphatic carboxylic acids is 1. The second kappa shape index (κ2) is 36.9. The fourth-order valence-corrected chi connectivity index (χ4v) is 10.7. The molecular formula is C68H93LiN4O9S2. The number of carboxylic acids is 1. The summed E-state index contributed by atoms with van der Waals surface area (Å²) in [4.78, 5) is 82.9. The van der Waals surface area contributed by atoms with Gasteiger partial charge in [0.05, 0.1) is 31.5 Å². The van der Waals surface area contributed by atoms with Crippen LogP contribution in [0.5, 0.6) is 0 Å². The molecule has 2 aromatic heterocycles. The van der Waals surface area contributed by atoms with Gasteiger partial charge in [-0.05, 0) is 179 Å². The summed E-state index contributed by atoms with van der Waals surface area (Å²) < 4.78 is 8.41. The van der Waals surface area contributed by atoms with Crippen molar-refractivity contribution in [2.75, 3.05) is 47.9 Å². The first kappa shape index (κ1) is 76.3. The molecule has 84 heavy (non-hydrogen) atoms. The average Bonchev–Trinajstić information content (AvgIpc) is 3.54. The molecule has 16 heteroatoms. The average molecular weight is 1180 g/mol. The van der Waals surface area contributed by atoms with Crippen LogP contribution in [0, 0.1) is 39.5 Å². The third-order valence-electron chi connectivity index (χ3n) is 14.8. The van der Waals surface area contributed by atoms with Gasteiger partial charge in [0.1, 0.15) is 0 Å². The Kier molecular flexibility index (Phi) is 33.5. The van der Waals surface area contributed by atoms with Crippen LogP contribution >= 0.6 is 27.0 Å². The molecule has 2 heterocycles. The number of carbonyl (C=O) groups excluding carboxylic acids is 3. The van der Waals surface area contributed by atoms with Crippen molar-refractivity contribution in [3.63, 3.8) is 0 Å². The smallest absolute Gasteiger partial charge is 0.870 e. The van der Waals surface area contributed by atoms with Crippen LogP contribution in [0.4, 0.5) is 0 Å². The maximum atomic E-state index is 14.0. The molecule has 452 valence electrons. The zero-order chi connectivity index (χ0) is 58.8. The number of hydrogen-bond acceptors (Lipinski definition) is 10. The van der Waals surface area contributed by atoms with Crippen LogP contribution in [-0.2, 0) is 36.8 Å². The number of hydrogen-bond donors (Lipinski definition) is 1. The molecule has 6 aromatic rings. The topological polar surface area (TPSA) is 178 Å². The van der Waals surface area contributed by atoms with Crippen molar-refractivity contribution in [3.05, 3.63) is 187 Å². The second-order valence-corrected chi connectivity index (χ2v) is 23.1. The van der Waals surface area contributed by atoms with Crippen molar-refractivity contribution in [2.45, 2.75) is 138 Å². The van der Waals surface area contributed by atoms with E-state index in [1.165, 1.54) is 15.7 Å². The molecule has 0 aliphatic rings. The number of likely N-dealkylation sites (N-methyl/N-ethyl adjacent to an activating group) is 2. The van der Waals surface area contributed by atoms with Crippen molar-refractivity contribution in [2.24, 2.45) is 11.8 Å². The van der Waals surface area contributed by atoms with E-state index in [9.17, 15) is 33.9 Å². The SMILES string of the molecule is CCOC(=O)C[C@H](CC(=O)C(CC(C)C)n1ccc(CCN(C)C)cc1=O)c1cccc(-c2c(C)cccc2C)c1.Cc1cccc(C)c1-c1cccc([C@H](CC(=O)O)CC(=O)C(CC(C)C)n2ccc(CCN(C)C)cc2=O)c1.S.S.[Li+].[OH-]. The van der Waals surface area contributed by atoms with Gasteiger partial charge in [0, 0.05) is 62.3 Å². The summed E-state index contributed by atoms with van der Waals surface area (Å²) in [5.41, 5.74) is 12.2. The Morgan fingerprint density at radius 3 is 1.21 bits per heavy atom. The zero-order valence-electron chi connectivity index (χ0n) is 52.3. The minimum Gasteiger partial charge on any atom is -0.870 e. The van der Waals surface area contributed by atoms with Crippen molar-refractivity contribution in [3.8, 4) is 22.3 Å². The summed E-state index contributed by atoms with van der Waals surface area (Å²) in [6.45, 7) is 20.2. The number of Topliss-reactive ketones (excluding diaryl/α,β-unsaturated/α-hetero) is 2. The van der Waals surface area contributed by atoms with E-state index in [1.807, 2.05) is 103 Å². The van der Waals surface area contributed by atoms with Crippen LogP contribution in [0.25, 0.3) is 22.3 Å². The third kappa shape index (κ3) is 22.9. The molecule has 0 radical (unpaired) electrons. The second-order valence-electron chi connectivity index (χ2n) is 23.1. The Balaban J connectivity index is 0.000000803. The minimum absolute atomic E-state index is 0. The van der Waals surface area contributed by atoms with Gasteiger partial charge in [-0.2, -0.15) is 27.0 Å². The normalized spacial score (nSPS) is 12.3. The number of carbonyl (C=O) groups is 4. The predicted octanol–water partition coefficient (Wildman–Crippen LogP) is 9.61. The number of aromatic nitrogens is 2. The number of ketones is 2. The van der Waals surface area contributed by atoms with Crippen molar-refractivity contribution in [1.82, 2.24) is 18.9 Å². The Morgan fingerprint density at radius 1 is 0.536 bits per heavy atom. The van der Waals surface area contributed by atoms with E-state index in [0.29, 0.717) is 12.8 Å². The monoisotopic (exact) mass is 1180 g/mol. The number of benzene rings is 4. The van der Waals surface area contributed by atoms with E-state index in [2.05, 4.69) is 87.7 Å². The van der Waals surface area contributed by atoms with Gasteiger partial charge in [0.2, 0.25) is 0 Å². The summed E-state index contributed by atoms with van der Waals surface area (Å²) in [5.74, 6) is -1.91. The van der Waals surface area contributed by atoms with Crippen LogP contribution in [0.2, 0.25) is 0 Å². The summed E-state index contributed by atoms with van der Waals surface area (Å²) in [6.07, 6.45) is 6.20. The first-order valence-corrected chi connectivity index (χ1v) is 28.4. The largest absolute Gasteiger partial charge is 1.00 e. The summed E-state index contributed by atoms with van der Waals surface area (Å²) in [5, 5.41) is 9.73. The third-order valence-corrected chi connectivity index (χ3v) is 14.8. The number of carboxylic acid groups (broad SMARTS) is 1. The molecule has 0 spiro atoms. The number of aryl methyl sites for hydroxylation is 4. The molecule has 6 rings (SSSR count). The van der Waals surface area contributed by atoms with Crippen molar-refractivity contribution < 1.29 is 53.4 Å².